The molecule has 1 N–H and O–H groups in total. The van der Waals surface area contributed by atoms with Crippen molar-refractivity contribution in [3.8, 4) is 5.69 Å². The van der Waals surface area contributed by atoms with Crippen LogP contribution in [0, 0.1) is 0 Å². The first-order valence-corrected chi connectivity index (χ1v) is 7.43. The standard InChI is InChI=1S/C17H20N4/c1-3-12-18-13(2)14-8-10-15(11-9-14)21-17-7-5-4-6-16(17)19-20-21/h4-11,13,18H,3,12H2,1-2H3. The normalized spacial score (nSPS) is 12.7. The van der Waals surface area contributed by atoms with Crippen molar-refractivity contribution in [3.63, 3.8) is 0 Å². The zero-order valence-corrected chi connectivity index (χ0v) is 12.5. The van der Waals surface area contributed by atoms with E-state index in [1.807, 2.05) is 28.9 Å². The zero-order chi connectivity index (χ0) is 14.7. The molecule has 0 fully saturated rings. The summed E-state index contributed by atoms with van der Waals surface area (Å²) in [6.07, 6.45) is 1.15. The van der Waals surface area contributed by atoms with Gasteiger partial charge in [0.25, 0.3) is 0 Å². The molecular weight excluding hydrogens is 260 g/mol. The van der Waals surface area contributed by atoms with E-state index in [2.05, 4.69) is 53.7 Å². The first-order chi connectivity index (χ1) is 10.3. The van der Waals surface area contributed by atoms with Crippen LogP contribution in [0.2, 0.25) is 0 Å². The van der Waals surface area contributed by atoms with E-state index in [0.717, 1.165) is 29.7 Å². The molecule has 0 spiro atoms. The summed E-state index contributed by atoms with van der Waals surface area (Å²) in [4.78, 5) is 0. The summed E-state index contributed by atoms with van der Waals surface area (Å²) in [6, 6.07) is 16.9. The number of fused-ring (bicyclic) bond motifs is 1. The van der Waals surface area contributed by atoms with Gasteiger partial charge in [0.05, 0.1) is 11.2 Å². The summed E-state index contributed by atoms with van der Waals surface area (Å²) in [7, 11) is 0. The fraction of sp³-hybridized carbons (Fsp3) is 0.294. The fourth-order valence-electron chi connectivity index (χ4n) is 2.44. The molecule has 4 nitrogen and oxygen atoms in total. The van der Waals surface area contributed by atoms with E-state index in [1.54, 1.807) is 0 Å². The minimum atomic E-state index is 0.367. The molecule has 1 unspecified atom stereocenters. The molecule has 1 aromatic heterocycles. The second kappa shape index (κ2) is 6.06. The van der Waals surface area contributed by atoms with Crippen LogP contribution >= 0.6 is 0 Å². The number of hydrogen-bond acceptors (Lipinski definition) is 3. The first-order valence-electron chi connectivity index (χ1n) is 7.43. The van der Waals surface area contributed by atoms with Crippen LogP contribution < -0.4 is 5.32 Å². The van der Waals surface area contributed by atoms with E-state index >= 15 is 0 Å². The van der Waals surface area contributed by atoms with Crippen molar-refractivity contribution >= 4 is 11.0 Å². The number of hydrogen-bond donors (Lipinski definition) is 1. The Morgan fingerprint density at radius 3 is 2.62 bits per heavy atom. The second-order valence-corrected chi connectivity index (χ2v) is 5.26. The minimum absolute atomic E-state index is 0.367. The van der Waals surface area contributed by atoms with E-state index in [9.17, 15) is 0 Å². The Bertz CT molecular complexity index is 715. The van der Waals surface area contributed by atoms with E-state index in [4.69, 9.17) is 0 Å². The Morgan fingerprint density at radius 1 is 1.10 bits per heavy atom. The molecule has 3 aromatic rings. The highest BCUT2D eigenvalue weighted by Gasteiger charge is 2.07. The summed E-state index contributed by atoms with van der Waals surface area (Å²) in [5.74, 6) is 0. The molecular formula is C17H20N4. The average molecular weight is 280 g/mol. The number of nitrogens with zero attached hydrogens (tertiary/aromatic N) is 3. The van der Waals surface area contributed by atoms with Crippen LogP contribution in [0.4, 0.5) is 0 Å². The van der Waals surface area contributed by atoms with Crippen molar-refractivity contribution in [1.82, 2.24) is 20.3 Å². The van der Waals surface area contributed by atoms with Gasteiger partial charge in [0, 0.05) is 6.04 Å². The third-order valence-corrected chi connectivity index (χ3v) is 3.69. The van der Waals surface area contributed by atoms with Gasteiger partial charge in [0.1, 0.15) is 5.52 Å². The molecule has 0 aliphatic rings. The number of rotatable bonds is 5. The molecule has 0 radical (unpaired) electrons. The highest BCUT2D eigenvalue weighted by atomic mass is 15.4. The van der Waals surface area contributed by atoms with Crippen LogP contribution in [0.3, 0.4) is 0 Å². The van der Waals surface area contributed by atoms with Crippen molar-refractivity contribution in [2.45, 2.75) is 26.3 Å². The van der Waals surface area contributed by atoms with Crippen LogP contribution in [-0.4, -0.2) is 21.5 Å². The number of nitrogens with one attached hydrogen (secondary N) is 1. The second-order valence-electron chi connectivity index (χ2n) is 5.26. The van der Waals surface area contributed by atoms with Crippen LogP contribution in [0.5, 0.6) is 0 Å². The molecule has 3 rings (SSSR count). The van der Waals surface area contributed by atoms with Crippen LogP contribution in [-0.2, 0) is 0 Å². The lowest BCUT2D eigenvalue weighted by Crippen LogP contribution is -2.19. The van der Waals surface area contributed by atoms with Gasteiger partial charge in [-0.1, -0.05) is 36.4 Å². The Morgan fingerprint density at radius 2 is 1.86 bits per heavy atom. The molecule has 0 aliphatic heterocycles. The van der Waals surface area contributed by atoms with Crippen molar-refractivity contribution in [3.05, 3.63) is 54.1 Å². The Hall–Kier alpha value is -2.20. The van der Waals surface area contributed by atoms with Gasteiger partial charge in [-0.05, 0) is 49.7 Å². The SMILES string of the molecule is CCCNC(C)c1ccc(-n2nnc3ccccc32)cc1. The maximum absolute atomic E-state index is 4.24. The zero-order valence-electron chi connectivity index (χ0n) is 12.5. The summed E-state index contributed by atoms with van der Waals surface area (Å²) < 4.78 is 1.88. The van der Waals surface area contributed by atoms with Gasteiger partial charge >= 0.3 is 0 Å². The highest BCUT2D eigenvalue weighted by molar-refractivity contribution is 5.75. The van der Waals surface area contributed by atoms with Crippen LogP contribution in [0.1, 0.15) is 31.9 Å². The van der Waals surface area contributed by atoms with Gasteiger partial charge in [-0.3, -0.25) is 0 Å². The average Bonchev–Trinajstić information content (AvgIpc) is 2.97. The number of aromatic nitrogens is 3. The predicted molar refractivity (Wildman–Crippen MR) is 85.6 cm³/mol. The van der Waals surface area contributed by atoms with Crippen LogP contribution in [0.25, 0.3) is 16.7 Å². The molecule has 108 valence electrons. The Labute approximate surface area is 124 Å². The molecule has 1 atom stereocenters. The van der Waals surface area contributed by atoms with Gasteiger partial charge in [0.15, 0.2) is 0 Å². The molecule has 4 heteroatoms. The van der Waals surface area contributed by atoms with Gasteiger partial charge in [-0.25, -0.2) is 4.68 Å². The molecule has 1 heterocycles. The van der Waals surface area contributed by atoms with E-state index in [0.29, 0.717) is 6.04 Å². The Kier molecular flexibility index (Phi) is 3.97. The largest absolute Gasteiger partial charge is 0.310 e. The van der Waals surface area contributed by atoms with Crippen molar-refractivity contribution < 1.29 is 0 Å². The minimum Gasteiger partial charge on any atom is -0.310 e. The van der Waals surface area contributed by atoms with E-state index < -0.39 is 0 Å². The molecule has 2 aromatic carbocycles. The van der Waals surface area contributed by atoms with Crippen molar-refractivity contribution in [1.29, 1.82) is 0 Å². The van der Waals surface area contributed by atoms with Crippen LogP contribution in [0.15, 0.2) is 48.5 Å². The molecule has 0 bridgehead atoms. The monoisotopic (exact) mass is 280 g/mol. The summed E-state index contributed by atoms with van der Waals surface area (Å²) in [5, 5.41) is 11.9. The van der Waals surface area contributed by atoms with Crippen molar-refractivity contribution in [2.24, 2.45) is 0 Å². The van der Waals surface area contributed by atoms with Crippen molar-refractivity contribution in [2.75, 3.05) is 6.54 Å². The lowest BCUT2D eigenvalue weighted by Gasteiger charge is -2.14. The maximum Gasteiger partial charge on any atom is 0.113 e. The molecule has 0 aliphatic carbocycles. The summed E-state index contributed by atoms with van der Waals surface area (Å²) in [6.45, 7) is 5.41. The molecule has 0 amide bonds. The topological polar surface area (TPSA) is 42.7 Å². The van der Waals surface area contributed by atoms with Gasteiger partial charge < -0.3 is 5.32 Å². The highest BCUT2D eigenvalue weighted by Crippen LogP contribution is 2.18. The van der Waals surface area contributed by atoms with E-state index in [-0.39, 0.29) is 0 Å². The first kappa shape index (κ1) is 13.8. The fourth-order valence-corrected chi connectivity index (χ4v) is 2.44. The molecule has 0 saturated carbocycles. The van der Waals surface area contributed by atoms with E-state index in [1.165, 1.54) is 5.56 Å². The smallest absolute Gasteiger partial charge is 0.113 e. The predicted octanol–water partition coefficient (Wildman–Crippen LogP) is 3.48. The van der Waals surface area contributed by atoms with Gasteiger partial charge in [-0.15, -0.1) is 5.10 Å². The number of para-hydroxylation sites is 1. The molecule has 0 saturated heterocycles. The maximum atomic E-state index is 4.24. The summed E-state index contributed by atoms with van der Waals surface area (Å²) in [5.41, 5.74) is 4.27. The third-order valence-electron chi connectivity index (χ3n) is 3.69. The molecule has 21 heavy (non-hydrogen) atoms. The quantitative estimate of drug-likeness (QED) is 0.778. The summed E-state index contributed by atoms with van der Waals surface area (Å²) >= 11 is 0. The third kappa shape index (κ3) is 2.81. The van der Waals surface area contributed by atoms with Gasteiger partial charge in [0.2, 0.25) is 0 Å². The number of benzene rings is 2. The Balaban J connectivity index is 1.87. The lowest BCUT2D eigenvalue weighted by molar-refractivity contribution is 0.570. The van der Waals surface area contributed by atoms with Gasteiger partial charge in [-0.2, -0.15) is 0 Å². The lowest BCUT2D eigenvalue weighted by atomic mass is 10.1.